The van der Waals surface area contributed by atoms with Gasteiger partial charge in [0, 0.05) is 12.1 Å². The van der Waals surface area contributed by atoms with Gasteiger partial charge >= 0.3 is 6.36 Å². The largest absolute Gasteiger partial charge is 0.573 e. The van der Waals surface area contributed by atoms with E-state index in [0.717, 1.165) is 19.4 Å². The van der Waals surface area contributed by atoms with Crippen LogP contribution in [0.3, 0.4) is 0 Å². The van der Waals surface area contributed by atoms with E-state index in [1.807, 2.05) is 0 Å². The van der Waals surface area contributed by atoms with Crippen molar-refractivity contribution < 1.29 is 22.7 Å². The third-order valence-electron chi connectivity index (χ3n) is 3.03. The lowest BCUT2D eigenvalue weighted by Gasteiger charge is -2.15. The summed E-state index contributed by atoms with van der Waals surface area (Å²) in [6.45, 7) is 0.787. The van der Waals surface area contributed by atoms with Crippen molar-refractivity contribution in [2.24, 2.45) is 0 Å². The average molecular weight is 325 g/mol. The van der Waals surface area contributed by atoms with E-state index in [1.165, 1.54) is 18.2 Å². The molecule has 1 heterocycles. The number of amides is 1. The molecule has 1 aliphatic heterocycles. The van der Waals surface area contributed by atoms with E-state index in [2.05, 4.69) is 15.4 Å². The van der Waals surface area contributed by atoms with Crippen molar-refractivity contribution in [3.63, 3.8) is 0 Å². The predicted octanol–water partition coefficient (Wildman–Crippen LogP) is 2.38. The van der Waals surface area contributed by atoms with Crippen LogP contribution in [0, 0.1) is 0 Å². The van der Waals surface area contributed by atoms with Gasteiger partial charge in [0.05, 0.1) is 6.04 Å². The second-order valence-electron chi connectivity index (χ2n) is 4.52. The van der Waals surface area contributed by atoms with Gasteiger partial charge in [0.1, 0.15) is 5.75 Å². The Kier molecular flexibility index (Phi) is 6.29. The first-order valence-electron chi connectivity index (χ1n) is 6.30. The van der Waals surface area contributed by atoms with E-state index in [0.29, 0.717) is 0 Å². The van der Waals surface area contributed by atoms with Crippen molar-refractivity contribution in [1.29, 1.82) is 0 Å². The lowest BCUT2D eigenvalue weighted by atomic mass is 10.2. The SMILES string of the molecule is Cl.O=C(NCc1ccccc1OC(F)(F)F)C1CCCN1. The van der Waals surface area contributed by atoms with Crippen LogP contribution in [0.25, 0.3) is 0 Å². The van der Waals surface area contributed by atoms with Crippen LogP contribution in [-0.2, 0) is 11.3 Å². The highest BCUT2D eigenvalue weighted by Crippen LogP contribution is 2.26. The van der Waals surface area contributed by atoms with Gasteiger partial charge in [0.2, 0.25) is 5.91 Å². The van der Waals surface area contributed by atoms with Gasteiger partial charge in [-0.3, -0.25) is 4.79 Å². The van der Waals surface area contributed by atoms with Crippen LogP contribution >= 0.6 is 12.4 Å². The molecule has 8 heteroatoms. The van der Waals surface area contributed by atoms with Crippen LogP contribution in [0.5, 0.6) is 5.75 Å². The number of benzene rings is 1. The molecule has 1 aromatic rings. The number of rotatable bonds is 4. The van der Waals surface area contributed by atoms with Crippen LogP contribution in [0.4, 0.5) is 13.2 Å². The summed E-state index contributed by atoms with van der Waals surface area (Å²) in [5.41, 5.74) is 0.288. The van der Waals surface area contributed by atoms with Gasteiger partial charge in [-0.15, -0.1) is 25.6 Å². The minimum atomic E-state index is -4.74. The summed E-state index contributed by atoms with van der Waals surface area (Å²) >= 11 is 0. The quantitative estimate of drug-likeness (QED) is 0.894. The van der Waals surface area contributed by atoms with Gasteiger partial charge in [-0.05, 0) is 25.5 Å². The zero-order chi connectivity index (χ0) is 14.6. The molecule has 1 saturated heterocycles. The Balaban J connectivity index is 0.00000220. The van der Waals surface area contributed by atoms with Crippen LogP contribution in [0.1, 0.15) is 18.4 Å². The summed E-state index contributed by atoms with van der Waals surface area (Å²) in [7, 11) is 0. The fraction of sp³-hybridized carbons (Fsp3) is 0.462. The standard InChI is InChI=1S/C13H15F3N2O2.ClH/c14-13(15,16)20-11-6-2-1-4-9(11)8-18-12(19)10-5-3-7-17-10;/h1-2,4,6,10,17H,3,5,7-8H2,(H,18,19);1H. The number of carbonyl (C=O) groups is 1. The minimum Gasteiger partial charge on any atom is -0.405 e. The number of hydrogen-bond donors (Lipinski definition) is 2. The zero-order valence-electron chi connectivity index (χ0n) is 11.1. The van der Waals surface area contributed by atoms with Crippen molar-refractivity contribution in [1.82, 2.24) is 10.6 Å². The summed E-state index contributed by atoms with van der Waals surface area (Å²) in [4.78, 5) is 11.8. The lowest BCUT2D eigenvalue weighted by molar-refractivity contribution is -0.274. The van der Waals surface area contributed by atoms with Gasteiger partial charge in [0.25, 0.3) is 0 Å². The first kappa shape index (κ1) is 17.6. The predicted molar refractivity (Wildman–Crippen MR) is 73.2 cm³/mol. The number of carbonyl (C=O) groups excluding carboxylic acids is 1. The van der Waals surface area contributed by atoms with E-state index >= 15 is 0 Å². The molecule has 21 heavy (non-hydrogen) atoms. The molecule has 2 N–H and O–H groups in total. The number of alkyl halides is 3. The van der Waals surface area contributed by atoms with Gasteiger partial charge in [-0.2, -0.15) is 0 Å². The third kappa shape index (κ3) is 5.43. The molecule has 0 aliphatic carbocycles. The van der Waals surface area contributed by atoms with E-state index in [1.54, 1.807) is 6.07 Å². The second-order valence-corrected chi connectivity index (χ2v) is 4.52. The van der Waals surface area contributed by atoms with Crippen molar-refractivity contribution in [2.45, 2.75) is 31.8 Å². The molecule has 0 aromatic heterocycles. The topological polar surface area (TPSA) is 50.4 Å². The zero-order valence-corrected chi connectivity index (χ0v) is 11.9. The highest BCUT2D eigenvalue weighted by molar-refractivity contribution is 5.85. The summed E-state index contributed by atoms with van der Waals surface area (Å²) in [5, 5.41) is 5.64. The first-order valence-corrected chi connectivity index (χ1v) is 6.30. The Morgan fingerprint density at radius 2 is 2.10 bits per heavy atom. The molecule has 118 valence electrons. The Morgan fingerprint density at radius 1 is 1.38 bits per heavy atom. The number of nitrogens with one attached hydrogen (secondary N) is 2. The van der Waals surface area contributed by atoms with Crippen molar-refractivity contribution in [3.8, 4) is 5.75 Å². The molecule has 1 unspecified atom stereocenters. The Labute approximate surface area is 126 Å². The summed E-state index contributed by atoms with van der Waals surface area (Å²) in [5.74, 6) is -0.496. The van der Waals surface area contributed by atoms with Gasteiger partial charge in [-0.25, -0.2) is 0 Å². The Hall–Kier alpha value is -1.47. The molecule has 0 bridgehead atoms. The molecule has 1 amide bonds. The van der Waals surface area contributed by atoms with E-state index < -0.39 is 6.36 Å². The number of hydrogen-bond acceptors (Lipinski definition) is 3. The number of ether oxygens (including phenoxy) is 1. The molecular formula is C13H16ClF3N2O2. The molecule has 1 aliphatic rings. The smallest absolute Gasteiger partial charge is 0.405 e. The summed E-state index contributed by atoms with van der Waals surface area (Å²) in [6, 6.07) is 5.50. The van der Waals surface area contributed by atoms with Crippen molar-refractivity contribution in [3.05, 3.63) is 29.8 Å². The molecule has 2 rings (SSSR count). The first-order chi connectivity index (χ1) is 9.46. The monoisotopic (exact) mass is 324 g/mol. The van der Waals surface area contributed by atoms with Gasteiger partial charge in [0.15, 0.2) is 0 Å². The molecule has 0 spiro atoms. The van der Waals surface area contributed by atoms with Crippen LogP contribution < -0.4 is 15.4 Å². The fourth-order valence-electron chi connectivity index (χ4n) is 2.09. The van der Waals surface area contributed by atoms with E-state index in [9.17, 15) is 18.0 Å². The maximum Gasteiger partial charge on any atom is 0.573 e. The fourth-order valence-corrected chi connectivity index (χ4v) is 2.09. The molecule has 1 fully saturated rings. The van der Waals surface area contributed by atoms with Crippen LogP contribution in [0.2, 0.25) is 0 Å². The van der Waals surface area contributed by atoms with Crippen molar-refractivity contribution >= 4 is 18.3 Å². The molecular weight excluding hydrogens is 309 g/mol. The molecule has 4 nitrogen and oxygen atoms in total. The maximum absolute atomic E-state index is 12.2. The van der Waals surface area contributed by atoms with E-state index in [-0.39, 0.29) is 42.2 Å². The van der Waals surface area contributed by atoms with Gasteiger partial charge < -0.3 is 15.4 Å². The summed E-state index contributed by atoms with van der Waals surface area (Å²) in [6.07, 6.45) is -3.08. The van der Waals surface area contributed by atoms with Crippen LogP contribution in [-0.4, -0.2) is 24.9 Å². The van der Waals surface area contributed by atoms with E-state index in [4.69, 9.17) is 0 Å². The van der Waals surface area contributed by atoms with Gasteiger partial charge in [-0.1, -0.05) is 18.2 Å². The second kappa shape index (κ2) is 7.51. The highest BCUT2D eigenvalue weighted by atomic mass is 35.5. The average Bonchev–Trinajstić information content (AvgIpc) is 2.89. The maximum atomic E-state index is 12.2. The Bertz CT molecular complexity index is 477. The minimum absolute atomic E-state index is 0. The Morgan fingerprint density at radius 3 is 2.71 bits per heavy atom. The van der Waals surface area contributed by atoms with Crippen LogP contribution in [0.15, 0.2) is 24.3 Å². The molecule has 0 saturated carbocycles. The number of para-hydroxylation sites is 1. The third-order valence-corrected chi connectivity index (χ3v) is 3.03. The molecule has 0 radical (unpaired) electrons. The lowest BCUT2D eigenvalue weighted by Crippen LogP contribution is -2.40. The number of halogens is 4. The normalized spacial score (nSPS) is 18.0. The molecule has 1 aromatic carbocycles. The highest BCUT2D eigenvalue weighted by Gasteiger charge is 2.32. The van der Waals surface area contributed by atoms with Crippen molar-refractivity contribution in [2.75, 3.05) is 6.54 Å². The summed E-state index contributed by atoms with van der Waals surface area (Å²) < 4.78 is 40.7. The molecule has 1 atom stereocenters.